The molecule has 5 aliphatic rings. The summed E-state index contributed by atoms with van der Waals surface area (Å²) >= 11 is 1.91. The minimum atomic E-state index is -0.503. The molecule has 51 heavy (non-hydrogen) atoms. The number of piperazine rings is 1. The van der Waals surface area contributed by atoms with E-state index in [2.05, 4.69) is 40.2 Å². The van der Waals surface area contributed by atoms with Crippen LogP contribution in [0.3, 0.4) is 0 Å². The quantitative estimate of drug-likeness (QED) is 0.238. The van der Waals surface area contributed by atoms with Gasteiger partial charge in [0.15, 0.2) is 5.82 Å². The van der Waals surface area contributed by atoms with Gasteiger partial charge < -0.3 is 24.3 Å². The summed E-state index contributed by atoms with van der Waals surface area (Å²) < 4.78 is 25.6. The highest BCUT2D eigenvalue weighted by molar-refractivity contribution is 7.94. The fourth-order valence-electron chi connectivity index (χ4n) is 8.85. The summed E-state index contributed by atoms with van der Waals surface area (Å²) in [6.45, 7) is 20.6. The number of carbonyl (C=O) groups is 2. The van der Waals surface area contributed by atoms with E-state index in [1.807, 2.05) is 44.7 Å². The average Bonchev–Trinajstić information content (AvgIpc) is 3.70. The highest BCUT2D eigenvalue weighted by Gasteiger charge is 2.47. The maximum atomic E-state index is 14.4. The molecule has 0 N–H and O–H groups in total. The smallest absolute Gasteiger partial charge is 0.282 e. The number of rotatable bonds is 11. The number of anilines is 1. The van der Waals surface area contributed by atoms with Crippen molar-refractivity contribution in [2.24, 2.45) is 11.3 Å². The third kappa shape index (κ3) is 7.60. The van der Waals surface area contributed by atoms with Gasteiger partial charge in [-0.1, -0.05) is 6.58 Å². The first-order chi connectivity index (χ1) is 24.5. The summed E-state index contributed by atoms with van der Waals surface area (Å²) in [5.74, 6) is 1.06. The van der Waals surface area contributed by atoms with Crippen molar-refractivity contribution in [3.63, 3.8) is 0 Å². The van der Waals surface area contributed by atoms with Gasteiger partial charge in [-0.05, 0) is 103 Å². The molecular formula is C37H52FN9O3S. The van der Waals surface area contributed by atoms with Crippen LogP contribution in [0.15, 0.2) is 37.2 Å². The number of carbonyl (C=O) groups excluding carboxylic acids is 2. The number of halogens is 1. The molecule has 0 aliphatic carbocycles. The molecular weight excluding hydrogens is 670 g/mol. The van der Waals surface area contributed by atoms with Crippen LogP contribution in [0.1, 0.15) is 70.2 Å². The van der Waals surface area contributed by atoms with Gasteiger partial charge >= 0.3 is 0 Å². The molecule has 2 aromatic rings. The summed E-state index contributed by atoms with van der Waals surface area (Å²) in [6.07, 6.45) is 8.69. The molecule has 14 heteroatoms. The Bertz CT molecular complexity index is 1580. The van der Waals surface area contributed by atoms with E-state index >= 15 is 0 Å². The molecule has 1 aromatic heterocycles. The largest absolute Gasteiger partial charge is 0.434 e. The van der Waals surface area contributed by atoms with Crippen LogP contribution in [0.5, 0.6) is 11.6 Å². The summed E-state index contributed by atoms with van der Waals surface area (Å²) in [5.41, 5.74) is 0.394. The van der Waals surface area contributed by atoms with Gasteiger partial charge in [-0.15, -0.1) is 10.2 Å². The molecule has 5 fully saturated rings. The van der Waals surface area contributed by atoms with Gasteiger partial charge in [0.25, 0.3) is 11.8 Å². The third-order valence-corrected chi connectivity index (χ3v) is 12.8. The van der Waals surface area contributed by atoms with Crippen molar-refractivity contribution >= 4 is 29.8 Å². The number of hydrogen-bond donors (Lipinski definition) is 0. The van der Waals surface area contributed by atoms with Gasteiger partial charge in [0.1, 0.15) is 17.9 Å². The van der Waals surface area contributed by atoms with E-state index in [4.69, 9.17) is 4.74 Å². The highest BCUT2D eigenvalue weighted by Crippen LogP contribution is 2.45. The molecule has 1 spiro atoms. The SMILES string of the molecule is C=CC(=O)N1CC2CC1CN2SN1CCC(CN2CCC3(CC2)CN(c2ncnnc2Oc2ccc(F)cc2C(=O)N(C(C)C)C(C)C)C3)CC1. The molecule has 276 valence electrons. The van der Waals surface area contributed by atoms with Crippen LogP contribution in [0, 0.1) is 17.2 Å². The second-order valence-electron chi connectivity index (χ2n) is 15.7. The van der Waals surface area contributed by atoms with Crippen LogP contribution < -0.4 is 9.64 Å². The van der Waals surface area contributed by atoms with Crippen molar-refractivity contribution < 1.29 is 18.7 Å². The Labute approximate surface area is 305 Å². The Morgan fingerprint density at radius 2 is 1.80 bits per heavy atom. The number of ether oxygens (including phenoxy) is 1. The van der Waals surface area contributed by atoms with Crippen molar-refractivity contribution in [3.8, 4) is 11.6 Å². The van der Waals surface area contributed by atoms with Crippen molar-refractivity contribution in [1.82, 2.24) is 38.5 Å². The van der Waals surface area contributed by atoms with Crippen LogP contribution in [0.2, 0.25) is 0 Å². The summed E-state index contributed by atoms with van der Waals surface area (Å²) in [7, 11) is 0. The molecule has 7 rings (SSSR count). The molecule has 2 amide bonds. The first-order valence-electron chi connectivity index (χ1n) is 18.6. The minimum Gasteiger partial charge on any atom is -0.434 e. The Morgan fingerprint density at radius 1 is 1.08 bits per heavy atom. The third-order valence-electron chi connectivity index (χ3n) is 11.5. The number of likely N-dealkylation sites (tertiary alicyclic amines) is 2. The first kappa shape index (κ1) is 36.0. The lowest BCUT2D eigenvalue weighted by Gasteiger charge is -2.54. The van der Waals surface area contributed by atoms with Crippen molar-refractivity contribution in [3.05, 3.63) is 48.6 Å². The zero-order valence-corrected chi connectivity index (χ0v) is 31.2. The van der Waals surface area contributed by atoms with E-state index in [0.717, 1.165) is 77.5 Å². The molecule has 5 saturated heterocycles. The number of nitrogens with zero attached hydrogens (tertiary/aromatic N) is 9. The van der Waals surface area contributed by atoms with Gasteiger partial charge in [0.2, 0.25) is 5.91 Å². The lowest BCUT2D eigenvalue weighted by Crippen LogP contribution is -2.61. The molecule has 12 nitrogen and oxygen atoms in total. The monoisotopic (exact) mass is 721 g/mol. The van der Waals surface area contributed by atoms with Crippen molar-refractivity contribution in [2.45, 2.75) is 84.0 Å². The summed E-state index contributed by atoms with van der Waals surface area (Å²) in [5, 5.41) is 8.23. The zero-order chi connectivity index (χ0) is 35.9. The van der Waals surface area contributed by atoms with Gasteiger partial charge in [0, 0.05) is 87.5 Å². The van der Waals surface area contributed by atoms with Crippen molar-refractivity contribution in [1.29, 1.82) is 0 Å². The van der Waals surface area contributed by atoms with E-state index in [0.29, 0.717) is 17.9 Å². The van der Waals surface area contributed by atoms with Crippen LogP contribution in [0.4, 0.5) is 10.2 Å². The topological polar surface area (TPSA) is 101 Å². The standard InChI is InChI=1S/C37H52FN9O3S/c1-6-33(48)45-20-30-18-29(45)21-46(30)51-44-13-9-27(10-14-44)19-42-15-11-37(12-16-42)22-43(23-37)34-35(41-40-24-39-34)50-32-8-7-28(38)17-31(32)36(49)47(25(2)3)26(4)5/h6-8,17,24-27,29-30H,1,9-16,18-23H2,2-5H3. The Kier molecular flexibility index (Phi) is 10.6. The van der Waals surface area contributed by atoms with E-state index in [-0.39, 0.29) is 46.5 Å². The second-order valence-corrected chi connectivity index (χ2v) is 16.8. The van der Waals surface area contributed by atoms with Gasteiger partial charge in [-0.2, -0.15) is 0 Å². The molecule has 5 aliphatic heterocycles. The van der Waals surface area contributed by atoms with Gasteiger partial charge in [-0.3, -0.25) is 9.59 Å². The number of fused-ring (bicyclic) bond motifs is 2. The van der Waals surface area contributed by atoms with Crippen LogP contribution >= 0.6 is 12.1 Å². The van der Waals surface area contributed by atoms with Gasteiger partial charge in [-0.25, -0.2) is 18.0 Å². The van der Waals surface area contributed by atoms with Crippen LogP contribution in [-0.2, 0) is 4.79 Å². The summed E-state index contributed by atoms with van der Waals surface area (Å²) in [6, 6.07) is 4.66. The fraction of sp³-hybridized carbons (Fsp3) is 0.649. The second kappa shape index (κ2) is 15.0. The molecule has 0 radical (unpaired) electrons. The Morgan fingerprint density at radius 3 is 2.45 bits per heavy atom. The molecule has 2 unspecified atom stereocenters. The van der Waals surface area contributed by atoms with Crippen LogP contribution in [-0.4, -0.2) is 133 Å². The average molecular weight is 722 g/mol. The molecule has 2 bridgehead atoms. The lowest BCUT2D eigenvalue weighted by atomic mass is 9.72. The Hall–Kier alpha value is -3.33. The van der Waals surface area contributed by atoms with E-state index in [9.17, 15) is 14.0 Å². The lowest BCUT2D eigenvalue weighted by molar-refractivity contribution is -0.127. The predicted octanol–water partition coefficient (Wildman–Crippen LogP) is 4.71. The number of aromatic nitrogens is 3. The minimum absolute atomic E-state index is 0.0659. The molecule has 2 atom stereocenters. The van der Waals surface area contributed by atoms with E-state index < -0.39 is 5.82 Å². The first-order valence-corrected chi connectivity index (χ1v) is 19.3. The van der Waals surface area contributed by atoms with E-state index in [1.54, 1.807) is 4.90 Å². The Balaban J connectivity index is 0.880. The maximum absolute atomic E-state index is 14.4. The number of hydrogen-bond acceptors (Lipinski definition) is 11. The fourth-order valence-corrected chi connectivity index (χ4v) is 10.0. The summed E-state index contributed by atoms with van der Waals surface area (Å²) in [4.78, 5) is 38.8. The maximum Gasteiger partial charge on any atom is 0.282 e. The zero-order valence-electron chi connectivity index (χ0n) is 30.4. The number of piperidine rings is 2. The van der Waals surface area contributed by atoms with Crippen LogP contribution in [0.25, 0.3) is 0 Å². The molecule has 0 saturated carbocycles. The normalized spacial score (nSPS) is 24.1. The molecule has 1 aromatic carbocycles. The van der Waals surface area contributed by atoms with Crippen molar-refractivity contribution in [2.75, 3.05) is 63.8 Å². The molecule has 6 heterocycles. The van der Waals surface area contributed by atoms with Gasteiger partial charge in [0.05, 0.1) is 5.56 Å². The highest BCUT2D eigenvalue weighted by atomic mass is 32.2. The predicted molar refractivity (Wildman–Crippen MR) is 196 cm³/mol. The number of benzene rings is 1. The van der Waals surface area contributed by atoms with E-state index in [1.165, 1.54) is 50.0 Å². The number of amides is 2.